The van der Waals surface area contributed by atoms with Gasteiger partial charge in [-0.15, -0.1) is 0 Å². The number of carbonyl (C=O) groups is 1. The molecule has 3 heterocycles. The lowest BCUT2D eigenvalue weighted by atomic mass is 10.0. The topological polar surface area (TPSA) is 85.6 Å². The maximum absolute atomic E-state index is 13.1. The molecule has 0 bridgehead atoms. The van der Waals surface area contributed by atoms with Gasteiger partial charge in [0.15, 0.2) is 0 Å². The van der Waals surface area contributed by atoms with Crippen molar-refractivity contribution in [2.45, 2.75) is 47.2 Å². The molecule has 7 heteroatoms. The number of carbonyl (C=O) groups excluding carboxylic acids is 1. The molecule has 0 radical (unpaired) electrons. The van der Waals surface area contributed by atoms with Crippen LogP contribution in [0.3, 0.4) is 0 Å². The first-order chi connectivity index (χ1) is 15.4. The zero-order valence-electron chi connectivity index (χ0n) is 19.0. The van der Waals surface area contributed by atoms with Crippen molar-refractivity contribution in [1.82, 2.24) is 30.0 Å². The van der Waals surface area contributed by atoms with E-state index >= 15 is 0 Å². The van der Waals surface area contributed by atoms with Crippen LogP contribution in [0.25, 0.3) is 22.2 Å². The minimum absolute atomic E-state index is 0.167. The van der Waals surface area contributed by atoms with E-state index in [1.165, 1.54) is 0 Å². The van der Waals surface area contributed by atoms with Crippen molar-refractivity contribution >= 4 is 16.8 Å². The highest BCUT2D eigenvalue weighted by atomic mass is 16.1. The van der Waals surface area contributed by atoms with Crippen molar-refractivity contribution in [3.8, 4) is 11.3 Å². The molecule has 4 rings (SSSR count). The highest BCUT2D eigenvalue weighted by Crippen LogP contribution is 2.29. The molecule has 0 saturated carbocycles. The number of rotatable bonds is 7. The first-order valence-corrected chi connectivity index (χ1v) is 10.9. The van der Waals surface area contributed by atoms with Gasteiger partial charge in [-0.3, -0.25) is 24.4 Å². The largest absolute Gasteiger partial charge is 0.346 e. The molecule has 0 atom stereocenters. The van der Waals surface area contributed by atoms with Crippen LogP contribution in [0.4, 0.5) is 0 Å². The predicted octanol–water partition coefficient (Wildman–Crippen LogP) is 4.48. The Kier molecular flexibility index (Phi) is 6.25. The van der Waals surface area contributed by atoms with Crippen molar-refractivity contribution in [3.05, 3.63) is 71.6 Å². The number of nitrogens with zero attached hydrogens (tertiary/aromatic N) is 5. The summed E-state index contributed by atoms with van der Waals surface area (Å²) in [5.41, 5.74) is 5.88. The fraction of sp³-hybridized carbons (Fsp3) is 0.320. The molecule has 164 valence electrons. The highest BCUT2D eigenvalue weighted by molar-refractivity contribution is 6.03. The number of aryl methyl sites for hydroxylation is 3. The van der Waals surface area contributed by atoms with E-state index < -0.39 is 0 Å². The molecule has 0 fully saturated rings. The van der Waals surface area contributed by atoms with E-state index in [4.69, 9.17) is 0 Å². The van der Waals surface area contributed by atoms with Gasteiger partial charge in [0.05, 0.1) is 41.5 Å². The van der Waals surface area contributed by atoms with Crippen LogP contribution in [0, 0.1) is 19.8 Å². The third-order valence-corrected chi connectivity index (χ3v) is 5.39. The van der Waals surface area contributed by atoms with Crippen LogP contribution in [0.15, 0.2) is 49.1 Å². The smallest absolute Gasteiger partial charge is 0.251 e. The zero-order chi connectivity index (χ0) is 22.7. The number of pyridine rings is 1. The molecule has 1 N–H and O–H groups in total. The van der Waals surface area contributed by atoms with Crippen LogP contribution in [0.2, 0.25) is 0 Å². The lowest BCUT2D eigenvalue weighted by Crippen LogP contribution is -2.23. The molecule has 0 aliphatic carbocycles. The second-order valence-electron chi connectivity index (χ2n) is 8.56. The maximum atomic E-state index is 13.1. The van der Waals surface area contributed by atoms with Crippen molar-refractivity contribution in [2.75, 3.05) is 0 Å². The maximum Gasteiger partial charge on any atom is 0.251 e. The van der Waals surface area contributed by atoms with Crippen molar-refractivity contribution in [3.63, 3.8) is 0 Å². The highest BCUT2D eigenvalue weighted by Gasteiger charge is 2.16. The van der Waals surface area contributed by atoms with Gasteiger partial charge in [0.2, 0.25) is 0 Å². The van der Waals surface area contributed by atoms with Gasteiger partial charge in [0.1, 0.15) is 0 Å². The standard InChI is InChI=1S/C25H28N6O/c1-16(2)7-8-31-24-10-19(25(32)29-14-20-13-26-18(4)12-27-20)9-21(22(24)15-30-31)23-6-5-17(3)11-28-23/h5-6,9-13,15-16H,7-8,14H2,1-4H3,(H,29,32). The molecular formula is C25H28N6O. The number of amides is 1. The van der Waals surface area contributed by atoms with E-state index in [0.717, 1.165) is 46.4 Å². The van der Waals surface area contributed by atoms with E-state index in [1.54, 1.807) is 12.4 Å². The Hall–Kier alpha value is -3.61. The third kappa shape index (κ3) is 4.82. The summed E-state index contributed by atoms with van der Waals surface area (Å²) in [5.74, 6) is 0.397. The third-order valence-electron chi connectivity index (χ3n) is 5.39. The second kappa shape index (κ2) is 9.26. The quantitative estimate of drug-likeness (QED) is 0.469. The molecule has 0 saturated heterocycles. The summed E-state index contributed by atoms with van der Waals surface area (Å²) in [6.07, 6.45) is 8.10. The van der Waals surface area contributed by atoms with Crippen LogP contribution in [0.5, 0.6) is 0 Å². The molecule has 0 spiro atoms. The first-order valence-electron chi connectivity index (χ1n) is 10.9. The summed E-state index contributed by atoms with van der Waals surface area (Å²) in [7, 11) is 0. The lowest BCUT2D eigenvalue weighted by molar-refractivity contribution is 0.0950. The van der Waals surface area contributed by atoms with Gasteiger partial charge in [-0.1, -0.05) is 19.9 Å². The van der Waals surface area contributed by atoms with Crippen molar-refractivity contribution < 1.29 is 4.79 Å². The molecule has 1 aromatic carbocycles. The molecule has 0 aliphatic rings. The molecule has 3 aromatic heterocycles. The SMILES string of the molecule is Cc1ccc(-c2cc(C(=O)NCc3cnc(C)cn3)cc3c2cnn3CCC(C)C)nc1. The van der Waals surface area contributed by atoms with Gasteiger partial charge in [-0.05, 0) is 49.9 Å². The first kappa shape index (κ1) is 21.6. The Labute approximate surface area is 187 Å². The molecule has 0 aliphatic heterocycles. The average molecular weight is 429 g/mol. The molecular weight excluding hydrogens is 400 g/mol. The fourth-order valence-electron chi connectivity index (χ4n) is 3.49. The predicted molar refractivity (Wildman–Crippen MR) is 125 cm³/mol. The van der Waals surface area contributed by atoms with E-state index in [0.29, 0.717) is 23.7 Å². The Morgan fingerprint density at radius 3 is 2.56 bits per heavy atom. The minimum Gasteiger partial charge on any atom is -0.346 e. The average Bonchev–Trinajstić information content (AvgIpc) is 3.20. The molecule has 32 heavy (non-hydrogen) atoms. The van der Waals surface area contributed by atoms with E-state index in [-0.39, 0.29) is 5.91 Å². The molecule has 7 nitrogen and oxygen atoms in total. The molecule has 0 unspecified atom stereocenters. The van der Waals surface area contributed by atoms with Crippen LogP contribution < -0.4 is 5.32 Å². The van der Waals surface area contributed by atoms with Gasteiger partial charge < -0.3 is 5.32 Å². The summed E-state index contributed by atoms with van der Waals surface area (Å²) >= 11 is 0. The number of aromatic nitrogens is 5. The molecule has 1 amide bonds. The van der Waals surface area contributed by atoms with E-state index in [2.05, 4.69) is 39.2 Å². The number of fused-ring (bicyclic) bond motifs is 1. The number of hydrogen-bond donors (Lipinski definition) is 1. The number of benzene rings is 1. The fourth-order valence-corrected chi connectivity index (χ4v) is 3.49. The van der Waals surface area contributed by atoms with Crippen LogP contribution >= 0.6 is 0 Å². The van der Waals surface area contributed by atoms with E-state index in [1.807, 2.05) is 55.2 Å². The van der Waals surface area contributed by atoms with Crippen LogP contribution in [0.1, 0.15) is 47.6 Å². The Balaban J connectivity index is 1.70. The van der Waals surface area contributed by atoms with Crippen molar-refractivity contribution in [1.29, 1.82) is 0 Å². The lowest BCUT2D eigenvalue weighted by Gasteiger charge is -2.11. The van der Waals surface area contributed by atoms with Crippen molar-refractivity contribution in [2.24, 2.45) is 5.92 Å². The summed E-state index contributed by atoms with van der Waals surface area (Å²) in [6.45, 7) is 9.39. The van der Waals surface area contributed by atoms with Gasteiger partial charge in [0.25, 0.3) is 5.91 Å². The van der Waals surface area contributed by atoms with Gasteiger partial charge >= 0.3 is 0 Å². The monoisotopic (exact) mass is 428 g/mol. The van der Waals surface area contributed by atoms with Crippen LogP contribution in [-0.4, -0.2) is 30.6 Å². The second-order valence-corrected chi connectivity index (χ2v) is 8.56. The summed E-state index contributed by atoms with van der Waals surface area (Å²) in [4.78, 5) is 26.2. The minimum atomic E-state index is -0.167. The Bertz CT molecular complexity index is 1230. The summed E-state index contributed by atoms with van der Waals surface area (Å²) in [6, 6.07) is 7.82. The zero-order valence-corrected chi connectivity index (χ0v) is 19.0. The van der Waals surface area contributed by atoms with Crippen LogP contribution in [-0.2, 0) is 13.1 Å². The molecule has 4 aromatic rings. The van der Waals surface area contributed by atoms with Gasteiger partial charge in [0, 0.05) is 35.5 Å². The normalized spacial score (nSPS) is 11.3. The summed E-state index contributed by atoms with van der Waals surface area (Å²) in [5, 5.41) is 8.56. The van der Waals surface area contributed by atoms with E-state index in [9.17, 15) is 4.79 Å². The Morgan fingerprint density at radius 2 is 1.88 bits per heavy atom. The Morgan fingerprint density at radius 1 is 1.03 bits per heavy atom. The number of nitrogens with one attached hydrogen (secondary N) is 1. The summed E-state index contributed by atoms with van der Waals surface area (Å²) < 4.78 is 1.98. The van der Waals surface area contributed by atoms with Gasteiger partial charge in [-0.2, -0.15) is 5.10 Å². The van der Waals surface area contributed by atoms with Gasteiger partial charge in [-0.25, -0.2) is 0 Å². The number of hydrogen-bond acceptors (Lipinski definition) is 5.